The van der Waals surface area contributed by atoms with Crippen LogP contribution in [0.1, 0.15) is 25.3 Å². The number of benzene rings is 1. The number of hydrogen-bond acceptors (Lipinski definition) is 3. The van der Waals surface area contributed by atoms with Gasteiger partial charge in [0, 0.05) is 30.6 Å². The first-order valence-corrected chi connectivity index (χ1v) is 6.58. The zero-order valence-electron chi connectivity index (χ0n) is 10.3. The molecule has 2 atom stereocenters. The van der Waals surface area contributed by atoms with Crippen LogP contribution in [0.15, 0.2) is 18.2 Å². The van der Waals surface area contributed by atoms with Crippen molar-refractivity contribution in [3.63, 3.8) is 0 Å². The highest BCUT2D eigenvalue weighted by molar-refractivity contribution is 5.62. The summed E-state index contributed by atoms with van der Waals surface area (Å²) in [6, 6.07) is 6.99. The summed E-state index contributed by atoms with van der Waals surface area (Å²) in [5.74, 6) is 0. The molecule has 1 aromatic carbocycles. The van der Waals surface area contributed by atoms with Crippen molar-refractivity contribution in [1.29, 1.82) is 0 Å². The SMILES string of the molecule is CC(Nc1ccc2c(c1)CCN2)C1CCCO1. The third-order valence-corrected chi connectivity index (χ3v) is 3.73. The molecule has 2 unspecified atom stereocenters. The van der Waals surface area contributed by atoms with Gasteiger partial charge in [0.05, 0.1) is 6.10 Å². The van der Waals surface area contributed by atoms with E-state index in [1.54, 1.807) is 0 Å². The molecule has 2 N–H and O–H groups in total. The lowest BCUT2D eigenvalue weighted by Gasteiger charge is -2.21. The predicted octanol–water partition coefficient (Wildman–Crippen LogP) is 2.63. The van der Waals surface area contributed by atoms with Crippen molar-refractivity contribution in [3.05, 3.63) is 23.8 Å². The minimum Gasteiger partial charge on any atom is -0.384 e. The molecule has 17 heavy (non-hydrogen) atoms. The molecule has 0 aromatic heterocycles. The highest BCUT2D eigenvalue weighted by atomic mass is 16.5. The van der Waals surface area contributed by atoms with Gasteiger partial charge in [0.15, 0.2) is 0 Å². The van der Waals surface area contributed by atoms with Crippen LogP contribution in [0.5, 0.6) is 0 Å². The molecule has 1 aromatic rings. The Morgan fingerprint density at radius 1 is 1.47 bits per heavy atom. The summed E-state index contributed by atoms with van der Waals surface area (Å²) in [6.45, 7) is 4.20. The van der Waals surface area contributed by atoms with Gasteiger partial charge in [-0.15, -0.1) is 0 Å². The lowest BCUT2D eigenvalue weighted by molar-refractivity contribution is 0.0996. The van der Waals surface area contributed by atoms with Crippen molar-refractivity contribution in [2.24, 2.45) is 0 Å². The van der Waals surface area contributed by atoms with Gasteiger partial charge in [-0.3, -0.25) is 0 Å². The van der Waals surface area contributed by atoms with Crippen LogP contribution in [0.3, 0.4) is 0 Å². The van der Waals surface area contributed by atoms with E-state index in [-0.39, 0.29) is 0 Å². The van der Waals surface area contributed by atoms with E-state index in [1.807, 2.05) is 0 Å². The van der Waals surface area contributed by atoms with Crippen LogP contribution in [0.2, 0.25) is 0 Å². The van der Waals surface area contributed by atoms with E-state index in [0.717, 1.165) is 19.6 Å². The quantitative estimate of drug-likeness (QED) is 0.840. The van der Waals surface area contributed by atoms with E-state index in [0.29, 0.717) is 12.1 Å². The molecule has 92 valence electrons. The normalized spacial score (nSPS) is 24.2. The van der Waals surface area contributed by atoms with Gasteiger partial charge in [-0.1, -0.05) is 0 Å². The summed E-state index contributed by atoms with van der Waals surface area (Å²) < 4.78 is 5.70. The second kappa shape index (κ2) is 4.57. The Bertz CT molecular complexity index is 399. The van der Waals surface area contributed by atoms with Gasteiger partial charge in [-0.2, -0.15) is 0 Å². The number of fused-ring (bicyclic) bond motifs is 1. The van der Waals surface area contributed by atoms with Crippen molar-refractivity contribution in [3.8, 4) is 0 Å². The lowest BCUT2D eigenvalue weighted by atomic mass is 10.1. The fourth-order valence-electron chi connectivity index (χ4n) is 2.75. The maximum absolute atomic E-state index is 5.70. The van der Waals surface area contributed by atoms with Gasteiger partial charge in [0.25, 0.3) is 0 Å². The monoisotopic (exact) mass is 232 g/mol. The molecular weight excluding hydrogens is 212 g/mol. The molecule has 0 spiro atoms. The third-order valence-electron chi connectivity index (χ3n) is 3.73. The summed E-state index contributed by atoms with van der Waals surface area (Å²) in [7, 11) is 0. The molecule has 0 aliphatic carbocycles. The van der Waals surface area contributed by atoms with Crippen LogP contribution in [-0.2, 0) is 11.2 Å². The Hall–Kier alpha value is -1.22. The molecule has 0 saturated carbocycles. The third kappa shape index (κ3) is 2.25. The Balaban J connectivity index is 1.68. The molecule has 3 nitrogen and oxygen atoms in total. The molecule has 2 aliphatic heterocycles. The van der Waals surface area contributed by atoms with Crippen LogP contribution < -0.4 is 10.6 Å². The second-order valence-corrected chi connectivity index (χ2v) is 5.03. The first kappa shape index (κ1) is 10.9. The number of anilines is 2. The van der Waals surface area contributed by atoms with Gasteiger partial charge < -0.3 is 15.4 Å². The predicted molar refractivity (Wildman–Crippen MR) is 70.7 cm³/mol. The molecule has 0 amide bonds. The fourth-order valence-corrected chi connectivity index (χ4v) is 2.75. The molecule has 1 saturated heterocycles. The minimum absolute atomic E-state index is 0.376. The van der Waals surface area contributed by atoms with Crippen molar-refractivity contribution in [1.82, 2.24) is 0 Å². The highest BCUT2D eigenvalue weighted by Crippen LogP contribution is 2.26. The zero-order chi connectivity index (χ0) is 11.7. The molecule has 3 rings (SSSR count). The molecule has 2 aliphatic rings. The molecule has 1 fully saturated rings. The van der Waals surface area contributed by atoms with Crippen LogP contribution in [0.25, 0.3) is 0 Å². The first-order chi connectivity index (χ1) is 8.33. The van der Waals surface area contributed by atoms with Gasteiger partial charge in [0.2, 0.25) is 0 Å². The fraction of sp³-hybridized carbons (Fsp3) is 0.571. The zero-order valence-corrected chi connectivity index (χ0v) is 10.3. The standard InChI is InChI=1S/C14H20N2O/c1-10(14-3-2-8-17-14)16-12-4-5-13-11(9-12)6-7-15-13/h4-5,9-10,14-16H,2-3,6-8H2,1H3. The number of rotatable bonds is 3. The summed E-state index contributed by atoms with van der Waals surface area (Å²) in [5.41, 5.74) is 3.94. The molecular formula is C14H20N2O. The van der Waals surface area contributed by atoms with E-state index in [2.05, 4.69) is 35.8 Å². The Labute approximate surface area is 103 Å². The smallest absolute Gasteiger partial charge is 0.0774 e. The Morgan fingerprint density at radius 2 is 2.41 bits per heavy atom. The van der Waals surface area contributed by atoms with E-state index in [4.69, 9.17) is 4.74 Å². The second-order valence-electron chi connectivity index (χ2n) is 5.03. The summed E-state index contributed by atoms with van der Waals surface area (Å²) in [5, 5.41) is 6.94. The summed E-state index contributed by atoms with van der Waals surface area (Å²) >= 11 is 0. The van der Waals surface area contributed by atoms with E-state index >= 15 is 0 Å². The summed E-state index contributed by atoms with van der Waals surface area (Å²) in [6.07, 6.45) is 3.89. The Morgan fingerprint density at radius 3 is 3.24 bits per heavy atom. The van der Waals surface area contributed by atoms with E-state index < -0.39 is 0 Å². The minimum atomic E-state index is 0.376. The maximum Gasteiger partial charge on any atom is 0.0774 e. The topological polar surface area (TPSA) is 33.3 Å². The summed E-state index contributed by atoms with van der Waals surface area (Å²) in [4.78, 5) is 0. The van der Waals surface area contributed by atoms with Crippen molar-refractivity contribution < 1.29 is 4.74 Å². The van der Waals surface area contributed by atoms with Crippen molar-refractivity contribution in [2.75, 3.05) is 23.8 Å². The molecule has 3 heteroatoms. The highest BCUT2D eigenvalue weighted by Gasteiger charge is 2.22. The van der Waals surface area contributed by atoms with Gasteiger partial charge in [-0.05, 0) is 49.9 Å². The van der Waals surface area contributed by atoms with Crippen LogP contribution in [0, 0.1) is 0 Å². The number of ether oxygens (including phenoxy) is 1. The van der Waals surface area contributed by atoms with Crippen LogP contribution in [-0.4, -0.2) is 25.3 Å². The van der Waals surface area contributed by atoms with Gasteiger partial charge in [-0.25, -0.2) is 0 Å². The number of hydrogen-bond donors (Lipinski definition) is 2. The van der Waals surface area contributed by atoms with Gasteiger partial charge >= 0.3 is 0 Å². The lowest BCUT2D eigenvalue weighted by Crippen LogP contribution is -2.29. The average molecular weight is 232 g/mol. The Kier molecular flexibility index (Phi) is 2.93. The van der Waals surface area contributed by atoms with Crippen molar-refractivity contribution in [2.45, 2.75) is 38.3 Å². The van der Waals surface area contributed by atoms with Crippen LogP contribution >= 0.6 is 0 Å². The number of nitrogens with one attached hydrogen (secondary N) is 2. The largest absolute Gasteiger partial charge is 0.384 e. The first-order valence-electron chi connectivity index (χ1n) is 6.58. The molecule has 0 radical (unpaired) electrons. The molecule has 0 bridgehead atoms. The average Bonchev–Trinajstić information content (AvgIpc) is 2.99. The van der Waals surface area contributed by atoms with Crippen molar-refractivity contribution >= 4 is 11.4 Å². The van der Waals surface area contributed by atoms with E-state index in [1.165, 1.54) is 29.8 Å². The van der Waals surface area contributed by atoms with Crippen LogP contribution in [0.4, 0.5) is 11.4 Å². The molecule has 2 heterocycles. The maximum atomic E-state index is 5.70. The van der Waals surface area contributed by atoms with Gasteiger partial charge in [0.1, 0.15) is 0 Å². The van der Waals surface area contributed by atoms with E-state index in [9.17, 15) is 0 Å².